The van der Waals surface area contributed by atoms with Gasteiger partial charge in [-0.1, -0.05) is 6.07 Å². The molecule has 1 fully saturated rings. The second-order valence-electron chi connectivity index (χ2n) is 5.10. The minimum atomic E-state index is -3.47. The van der Waals surface area contributed by atoms with Crippen molar-refractivity contribution >= 4 is 10.0 Å². The SMILES string of the molecule is CNCc1ccc(S(=O)(=O)N2CCCN(C)CC2)nc1. The summed E-state index contributed by atoms with van der Waals surface area (Å²) >= 11 is 0. The normalized spacial score (nSPS) is 18.9. The van der Waals surface area contributed by atoms with Crippen LogP contribution in [-0.2, 0) is 16.6 Å². The van der Waals surface area contributed by atoms with Gasteiger partial charge >= 0.3 is 0 Å². The lowest BCUT2D eigenvalue weighted by Crippen LogP contribution is -2.35. The van der Waals surface area contributed by atoms with Crippen molar-refractivity contribution in [2.45, 2.75) is 18.0 Å². The number of hydrogen-bond acceptors (Lipinski definition) is 5. The molecule has 0 amide bonds. The van der Waals surface area contributed by atoms with Crippen molar-refractivity contribution in [2.24, 2.45) is 0 Å². The van der Waals surface area contributed by atoms with Gasteiger partial charge in [-0.05, 0) is 38.7 Å². The molecule has 0 bridgehead atoms. The summed E-state index contributed by atoms with van der Waals surface area (Å²) in [6.45, 7) is 3.46. The summed E-state index contributed by atoms with van der Waals surface area (Å²) in [5.41, 5.74) is 0.974. The summed E-state index contributed by atoms with van der Waals surface area (Å²) in [6, 6.07) is 3.40. The molecule has 0 aromatic carbocycles. The smallest absolute Gasteiger partial charge is 0.260 e. The van der Waals surface area contributed by atoms with Crippen LogP contribution in [0.4, 0.5) is 0 Å². The molecule has 0 unspecified atom stereocenters. The summed E-state index contributed by atoms with van der Waals surface area (Å²) < 4.78 is 26.6. The maximum atomic E-state index is 12.5. The van der Waals surface area contributed by atoms with Gasteiger partial charge in [0, 0.05) is 32.4 Å². The number of hydrogen-bond donors (Lipinski definition) is 1. The van der Waals surface area contributed by atoms with Gasteiger partial charge in [-0.15, -0.1) is 0 Å². The molecule has 2 heterocycles. The van der Waals surface area contributed by atoms with Crippen LogP contribution in [0.15, 0.2) is 23.4 Å². The van der Waals surface area contributed by atoms with E-state index in [-0.39, 0.29) is 5.03 Å². The van der Waals surface area contributed by atoms with Crippen LogP contribution in [0, 0.1) is 0 Å². The van der Waals surface area contributed by atoms with Crippen LogP contribution < -0.4 is 5.32 Å². The lowest BCUT2D eigenvalue weighted by Gasteiger charge is -2.19. The van der Waals surface area contributed by atoms with E-state index in [1.165, 1.54) is 4.31 Å². The van der Waals surface area contributed by atoms with E-state index in [4.69, 9.17) is 0 Å². The van der Waals surface area contributed by atoms with Gasteiger partial charge in [0.25, 0.3) is 10.0 Å². The first kappa shape index (κ1) is 15.4. The molecule has 1 saturated heterocycles. The molecule has 1 aliphatic heterocycles. The van der Waals surface area contributed by atoms with Crippen LogP contribution in [0.2, 0.25) is 0 Å². The molecule has 112 valence electrons. The Morgan fingerprint density at radius 1 is 1.25 bits per heavy atom. The second-order valence-corrected chi connectivity index (χ2v) is 6.98. The van der Waals surface area contributed by atoms with Crippen molar-refractivity contribution in [1.82, 2.24) is 19.5 Å². The average Bonchev–Trinajstić information content (AvgIpc) is 2.65. The number of aromatic nitrogens is 1. The second kappa shape index (κ2) is 6.62. The molecule has 1 aliphatic rings. The predicted octanol–water partition coefficient (Wildman–Crippen LogP) is 0.127. The summed E-state index contributed by atoms with van der Waals surface area (Å²) in [6.07, 6.45) is 2.47. The van der Waals surface area contributed by atoms with E-state index in [0.717, 1.165) is 25.1 Å². The molecule has 1 aromatic rings. The maximum Gasteiger partial charge on any atom is 0.260 e. The fourth-order valence-electron chi connectivity index (χ4n) is 2.27. The van der Waals surface area contributed by atoms with Gasteiger partial charge in [0.1, 0.15) is 0 Å². The number of sulfonamides is 1. The largest absolute Gasteiger partial charge is 0.316 e. The highest BCUT2D eigenvalue weighted by atomic mass is 32.2. The zero-order chi connectivity index (χ0) is 14.6. The fraction of sp³-hybridized carbons (Fsp3) is 0.615. The standard InChI is InChI=1S/C13H22N4O2S/c1-14-10-12-4-5-13(15-11-12)20(18,19)17-7-3-6-16(2)8-9-17/h4-5,11,14H,3,6-10H2,1-2H3. The highest BCUT2D eigenvalue weighted by Gasteiger charge is 2.27. The first-order valence-corrected chi connectivity index (χ1v) is 8.26. The Bertz CT molecular complexity index is 530. The quantitative estimate of drug-likeness (QED) is 0.856. The molecule has 20 heavy (non-hydrogen) atoms. The first-order valence-electron chi connectivity index (χ1n) is 6.82. The lowest BCUT2D eigenvalue weighted by atomic mass is 10.3. The Morgan fingerprint density at radius 3 is 2.70 bits per heavy atom. The van der Waals surface area contributed by atoms with Gasteiger partial charge in [0.15, 0.2) is 5.03 Å². The van der Waals surface area contributed by atoms with Gasteiger partial charge in [0.2, 0.25) is 0 Å². The van der Waals surface area contributed by atoms with Crippen molar-refractivity contribution in [3.05, 3.63) is 23.9 Å². The third kappa shape index (κ3) is 3.54. The Morgan fingerprint density at radius 2 is 2.05 bits per heavy atom. The van der Waals surface area contributed by atoms with E-state index in [1.807, 2.05) is 14.1 Å². The van der Waals surface area contributed by atoms with Gasteiger partial charge in [-0.3, -0.25) is 0 Å². The zero-order valence-corrected chi connectivity index (χ0v) is 12.9. The Labute approximate surface area is 120 Å². The van der Waals surface area contributed by atoms with Crippen molar-refractivity contribution < 1.29 is 8.42 Å². The monoisotopic (exact) mass is 298 g/mol. The molecule has 0 radical (unpaired) electrons. The van der Waals surface area contributed by atoms with Crippen molar-refractivity contribution in [1.29, 1.82) is 0 Å². The van der Waals surface area contributed by atoms with Crippen LogP contribution in [0.25, 0.3) is 0 Å². The zero-order valence-electron chi connectivity index (χ0n) is 12.0. The average molecular weight is 298 g/mol. The summed E-state index contributed by atoms with van der Waals surface area (Å²) in [5, 5.41) is 3.15. The third-order valence-electron chi connectivity index (χ3n) is 3.46. The number of nitrogens with one attached hydrogen (secondary N) is 1. The van der Waals surface area contributed by atoms with E-state index >= 15 is 0 Å². The maximum absolute atomic E-state index is 12.5. The van der Waals surface area contributed by atoms with Gasteiger partial charge in [-0.25, -0.2) is 13.4 Å². The topological polar surface area (TPSA) is 65.5 Å². The Kier molecular flexibility index (Phi) is 5.09. The molecule has 1 aromatic heterocycles. The molecule has 0 atom stereocenters. The third-order valence-corrected chi connectivity index (χ3v) is 5.28. The molecule has 6 nitrogen and oxygen atoms in total. The van der Waals surface area contributed by atoms with E-state index in [9.17, 15) is 8.42 Å². The van der Waals surface area contributed by atoms with E-state index in [2.05, 4.69) is 15.2 Å². The summed E-state index contributed by atoms with van der Waals surface area (Å²) in [7, 11) is 0.395. The summed E-state index contributed by atoms with van der Waals surface area (Å²) in [4.78, 5) is 6.26. The number of likely N-dealkylation sites (N-methyl/N-ethyl adjacent to an activating group) is 1. The first-order chi connectivity index (χ1) is 9.54. The highest BCUT2D eigenvalue weighted by molar-refractivity contribution is 7.89. The molecule has 7 heteroatoms. The van der Waals surface area contributed by atoms with E-state index < -0.39 is 10.0 Å². The molecular formula is C13H22N4O2S. The minimum absolute atomic E-state index is 0.141. The molecule has 0 saturated carbocycles. The molecule has 0 aliphatic carbocycles. The highest BCUT2D eigenvalue weighted by Crippen LogP contribution is 2.15. The van der Waals surface area contributed by atoms with Gasteiger partial charge in [0.05, 0.1) is 0 Å². The Hall–Kier alpha value is -1.02. The van der Waals surface area contributed by atoms with E-state index in [0.29, 0.717) is 19.6 Å². The van der Waals surface area contributed by atoms with Crippen molar-refractivity contribution in [3.8, 4) is 0 Å². The van der Waals surface area contributed by atoms with Crippen molar-refractivity contribution in [2.75, 3.05) is 40.3 Å². The van der Waals surface area contributed by atoms with Crippen molar-refractivity contribution in [3.63, 3.8) is 0 Å². The lowest BCUT2D eigenvalue weighted by molar-refractivity contribution is 0.347. The predicted molar refractivity (Wildman–Crippen MR) is 77.9 cm³/mol. The van der Waals surface area contributed by atoms with Crippen LogP contribution in [0.3, 0.4) is 0 Å². The van der Waals surface area contributed by atoms with Crippen LogP contribution >= 0.6 is 0 Å². The van der Waals surface area contributed by atoms with Crippen LogP contribution in [-0.4, -0.2) is 62.9 Å². The fourth-order valence-corrected chi connectivity index (χ4v) is 3.65. The number of rotatable bonds is 4. The minimum Gasteiger partial charge on any atom is -0.316 e. The molecule has 1 N–H and O–H groups in total. The number of pyridine rings is 1. The molecule has 0 spiro atoms. The molecule has 2 rings (SSSR count). The van der Waals surface area contributed by atoms with Gasteiger partial charge in [-0.2, -0.15) is 4.31 Å². The summed E-state index contributed by atoms with van der Waals surface area (Å²) in [5.74, 6) is 0. The van der Waals surface area contributed by atoms with Gasteiger partial charge < -0.3 is 10.2 Å². The Balaban J connectivity index is 2.16. The van der Waals surface area contributed by atoms with E-state index in [1.54, 1.807) is 18.3 Å². The van der Waals surface area contributed by atoms with Crippen LogP contribution in [0.5, 0.6) is 0 Å². The molecular weight excluding hydrogens is 276 g/mol. The number of nitrogens with zero attached hydrogens (tertiary/aromatic N) is 3. The van der Waals surface area contributed by atoms with Crippen LogP contribution in [0.1, 0.15) is 12.0 Å².